The maximum absolute atomic E-state index is 12.8. The number of carbonyl (C=O) groups is 2. The van der Waals surface area contributed by atoms with Gasteiger partial charge in [0.15, 0.2) is 11.2 Å². The van der Waals surface area contributed by atoms with Crippen LogP contribution < -0.4 is 0 Å². The SMILES string of the molecule is CCC[C@@]12CC[C@@H](O1)[C@](C(=O)OCC)(C(C)C)C(=O)C2. The van der Waals surface area contributed by atoms with E-state index >= 15 is 0 Å². The summed E-state index contributed by atoms with van der Waals surface area (Å²) in [7, 11) is 0. The first kappa shape index (κ1) is 15.5. The van der Waals surface area contributed by atoms with Gasteiger partial charge in [-0.1, -0.05) is 27.2 Å². The molecule has 2 fully saturated rings. The van der Waals surface area contributed by atoms with Gasteiger partial charge in [0.25, 0.3) is 0 Å². The van der Waals surface area contributed by atoms with Crippen LogP contribution in [0.25, 0.3) is 0 Å². The van der Waals surface area contributed by atoms with Crippen molar-refractivity contribution in [1.29, 1.82) is 0 Å². The molecule has 0 aromatic carbocycles. The first-order chi connectivity index (χ1) is 9.43. The predicted octanol–water partition coefficient (Wildman–Crippen LogP) is 2.88. The highest BCUT2D eigenvalue weighted by atomic mass is 16.5. The smallest absolute Gasteiger partial charge is 0.322 e. The van der Waals surface area contributed by atoms with Crippen LogP contribution in [0.1, 0.15) is 59.8 Å². The number of Topliss-reactive ketones (excluding diaryl/α,β-unsaturated/α-hetero) is 1. The minimum absolute atomic E-state index is 0.0214. The van der Waals surface area contributed by atoms with Gasteiger partial charge in [-0.3, -0.25) is 9.59 Å². The Morgan fingerprint density at radius 2 is 2.15 bits per heavy atom. The van der Waals surface area contributed by atoms with Gasteiger partial charge >= 0.3 is 5.97 Å². The van der Waals surface area contributed by atoms with E-state index in [-0.39, 0.29) is 23.4 Å². The molecule has 0 amide bonds. The molecule has 2 heterocycles. The number of ketones is 1. The molecule has 0 aromatic rings. The molecule has 0 spiro atoms. The Bertz CT molecular complexity index is 403. The Morgan fingerprint density at radius 1 is 1.45 bits per heavy atom. The molecule has 114 valence electrons. The quantitative estimate of drug-likeness (QED) is 0.574. The number of carbonyl (C=O) groups excluding carboxylic acids is 2. The van der Waals surface area contributed by atoms with E-state index in [1.54, 1.807) is 6.92 Å². The molecule has 2 aliphatic rings. The standard InChI is InChI=1S/C16H26O4/c1-5-8-15-9-7-13(20-15)16(11(3)4,12(17)10-15)14(18)19-6-2/h11,13H,5-10H2,1-4H3/t13-,15+,16+/m1/s1. The van der Waals surface area contributed by atoms with E-state index in [1.807, 2.05) is 13.8 Å². The molecule has 20 heavy (non-hydrogen) atoms. The van der Waals surface area contributed by atoms with E-state index in [0.29, 0.717) is 13.0 Å². The lowest BCUT2D eigenvalue weighted by Gasteiger charge is -2.45. The fourth-order valence-corrected chi connectivity index (χ4v) is 4.04. The lowest BCUT2D eigenvalue weighted by molar-refractivity contribution is -0.195. The predicted molar refractivity (Wildman–Crippen MR) is 75.3 cm³/mol. The summed E-state index contributed by atoms with van der Waals surface area (Å²) in [4.78, 5) is 25.3. The van der Waals surface area contributed by atoms with Crippen molar-refractivity contribution < 1.29 is 19.1 Å². The largest absolute Gasteiger partial charge is 0.465 e. The van der Waals surface area contributed by atoms with Crippen molar-refractivity contribution in [1.82, 2.24) is 0 Å². The molecule has 0 aromatic heterocycles. The summed E-state index contributed by atoms with van der Waals surface area (Å²) < 4.78 is 11.4. The summed E-state index contributed by atoms with van der Waals surface area (Å²) in [6.07, 6.45) is 3.59. The van der Waals surface area contributed by atoms with Gasteiger partial charge in [0, 0.05) is 6.42 Å². The third-order valence-electron chi connectivity index (χ3n) is 4.94. The van der Waals surface area contributed by atoms with E-state index < -0.39 is 11.4 Å². The highest BCUT2D eigenvalue weighted by Gasteiger charge is 2.65. The Hall–Kier alpha value is -0.900. The van der Waals surface area contributed by atoms with Crippen LogP contribution in [0.15, 0.2) is 0 Å². The maximum atomic E-state index is 12.8. The average Bonchev–Trinajstić information content (AvgIpc) is 2.69. The van der Waals surface area contributed by atoms with Crippen LogP contribution in [0.4, 0.5) is 0 Å². The summed E-state index contributed by atoms with van der Waals surface area (Å²) in [5.74, 6) is -0.470. The zero-order chi connectivity index (χ0) is 15.0. The van der Waals surface area contributed by atoms with Gasteiger partial charge in [-0.25, -0.2) is 0 Å². The third-order valence-corrected chi connectivity index (χ3v) is 4.94. The molecule has 4 heteroatoms. The number of esters is 1. The van der Waals surface area contributed by atoms with E-state index in [2.05, 4.69) is 6.92 Å². The zero-order valence-electron chi connectivity index (χ0n) is 13.0. The number of hydrogen-bond donors (Lipinski definition) is 0. The zero-order valence-corrected chi connectivity index (χ0v) is 13.0. The second-order valence-corrected chi connectivity index (χ2v) is 6.42. The highest BCUT2D eigenvalue weighted by Crippen LogP contribution is 2.53. The number of rotatable bonds is 5. The minimum atomic E-state index is -1.09. The van der Waals surface area contributed by atoms with Gasteiger partial charge in [0.05, 0.1) is 18.3 Å². The van der Waals surface area contributed by atoms with Gasteiger partial charge in [-0.2, -0.15) is 0 Å². The summed E-state index contributed by atoms with van der Waals surface area (Å²) in [6, 6.07) is 0. The van der Waals surface area contributed by atoms with Crippen LogP contribution in [0.5, 0.6) is 0 Å². The van der Waals surface area contributed by atoms with Crippen molar-refractivity contribution in [3.8, 4) is 0 Å². The number of ether oxygens (including phenoxy) is 2. The van der Waals surface area contributed by atoms with Crippen molar-refractivity contribution in [2.75, 3.05) is 6.61 Å². The van der Waals surface area contributed by atoms with E-state index in [0.717, 1.165) is 25.7 Å². The lowest BCUT2D eigenvalue weighted by atomic mass is 9.66. The van der Waals surface area contributed by atoms with Crippen molar-refractivity contribution in [2.24, 2.45) is 11.3 Å². The topological polar surface area (TPSA) is 52.6 Å². The first-order valence-electron chi connectivity index (χ1n) is 7.81. The second kappa shape index (κ2) is 5.47. The van der Waals surface area contributed by atoms with Gasteiger partial charge < -0.3 is 9.47 Å². The summed E-state index contributed by atoms with van der Waals surface area (Å²) >= 11 is 0. The van der Waals surface area contributed by atoms with Crippen LogP contribution in [0.2, 0.25) is 0 Å². The number of fused-ring (bicyclic) bond motifs is 2. The van der Waals surface area contributed by atoms with Crippen molar-refractivity contribution in [3.05, 3.63) is 0 Å². The second-order valence-electron chi connectivity index (χ2n) is 6.42. The normalized spacial score (nSPS) is 36.5. The molecular weight excluding hydrogens is 256 g/mol. The van der Waals surface area contributed by atoms with Crippen LogP contribution in [0, 0.1) is 11.3 Å². The average molecular weight is 282 g/mol. The van der Waals surface area contributed by atoms with Crippen LogP contribution in [-0.4, -0.2) is 30.1 Å². The van der Waals surface area contributed by atoms with Gasteiger partial charge in [0.2, 0.25) is 0 Å². The molecule has 0 saturated carbocycles. The molecular formula is C16H26O4. The highest BCUT2D eigenvalue weighted by molar-refractivity contribution is 6.06. The maximum Gasteiger partial charge on any atom is 0.322 e. The molecule has 4 nitrogen and oxygen atoms in total. The van der Waals surface area contributed by atoms with Crippen LogP contribution >= 0.6 is 0 Å². The summed E-state index contributed by atoms with van der Waals surface area (Å²) in [5.41, 5.74) is -1.41. The third kappa shape index (κ3) is 2.09. The summed E-state index contributed by atoms with van der Waals surface area (Å²) in [5, 5.41) is 0. The van der Waals surface area contributed by atoms with E-state index in [9.17, 15) is 9.59 Å². The van der Waals surface area contributed by atoms with Crippen molar-refractivity contribution in [3.63, 3.8) is 0 Å². The van der Waals surface area contributed by atoms with Crippen LogP contribution in [0.3, 0.4) is 0 Å². The van der Waals surface area contributed by atoms with Gasteiger partial charge in [0.1, 0.15) is 0 Å². The Morgan fingerprint density at radius 3 is 2.70 bits per heavy atom. The molecule has 0 aliphatic carbocycles. The molecule has 0 N–H and O–H groups in total. The van der Waals surface area contributed by atoms with Crippen molar-refractivity contribution >= 4 is 11.8 Å². The minimum Gasteiger partial charge on any atom is -0.465 e. The molecule has 2 aliphatic heterocycles. The fraction of sp³-hybridized carbons (Fsp3) is 0.875. The van der Waals surface area contributed by atoms with Crippen LogP contribution in [-0.2, 0) is 19.1 Å². The Labute approximate surface area is 121 Å². The molecule has 2 bridgehead atoms. The first-order valence-corrected chi connectivity index (χ1v) is 7.81. The van der Waals surface area contributed by atoms with E-state index in [1.165, 1.54) is 0 Å². The summed E-state index contributed by atoms with van der Waals surface area (Å²) in [6.45, 7) is 8.02. The lowest BCUT2D eigenvalue weighted by Crippen LogP contribution is -2.58. The van der Waals surface area contributed by atoms with Crippen molar-refractivity contribution in [2.45, 2.75) is 71.5 Å². The van der Waals surface area contributed by atoms with E-state index in [4.69, 9.17) is 9.47 Å². The Kier molecular flexibility index (Phi) is 4.24. The molecule has 3 atom stereocenters. The fourth-order valence-electron chi connectivity index (χ4n) is 4.04. The molecule has 2 saturated heterocycles. The molecule has 0 unspecified atom stereocenters. The monoisotopic (exact) mass is 282 g/mol. The molecule has 2 rings (SSSR count). The number of hydrogen-bond acceptors (Lipinski definition) is 4. The molecule has 0 radical (unpaired) electrons. The Balaban J connectivity index is 2.36. The van der Waals surface area contributed by atoms with Gasteiger partial charge in [-0.05, 0) is 32.1 Å². The van der Waals surface area contributed by atoms with Gasteiger partial charge in [-0.15, -0.1) is 0 Å².